The van der Waals surface area contributed by atoms with Gasteiger partial charge in [0.2, 0.25) is 0 Å². The molecule has 1 heterocycles. The van der Waals surface area contributed by atoms with Gasteiger partial charge in [-0.05, 0) is 13.0 Å². The maximum atomic E-state index is 10.6. The molecule has 0 spiro atoms. The molecule has 0 aromatic carbocycles. The first-order valence-corrected chi connectivity index (χ1v) is 3.84. The number of likely N-dealkylation sites (N-methyl/N-ethyl adjacent to an activating group) is 1. The van der Waals surface area contributed by atoms with Crippen molar-refractivity contribution in [1.82, 2.24) is 9.97 Å². The molecule has 0 aliphatic rings. The van der Waals surface area contributed by atoms with Gasteiger partial charge in [-0.25, -0.2) is 14.8 Å². The van der Waals surface area contributed by atoms with Crippen molar-refractivity contribution in [3.05, 3.63) is 18.6 Å². The Hall–Kier alpha value is -1.65. The van der Waals surface area contributed by atoms with E-state index in [1.807, 2.05) is 0 Å². The Morgan fingerprint density at radius 2 is 2.38 bits per heavy atom. The lowest BCUT2D eigenvalue weighted by Crippen LogP contribution is -2.36. The molecule has 5 heteroatoms. The number of rotatable bonds is 3. The summed E-state index contributed by atoms with van der Waals surface area (Å²) in [5.74, 6) is -0.272. The number of anilines is 1. The van der Waals surface area contributed by atoms with E-state index in [0.717, 1.165) is 0 Å². The zero-order chi connectivity index (χ0) is 9.84. The lowest BCUT2D eigenvalue weighted by molar-refractivity contribution is -0.138. The molecule has 0 aliphatic heterocycles. The van der Waals surface area contributed by atoms with Crippen LogP contribution in [0.15, 0.2) is 18.6 Å². The summed E-state index contributed by atoms with van der Waals surface area (Å²) in [5.41, 5.74) is 0. The normalized spacial score (nSPS) is 12.2. The number of nitrogens with zero attached hydrogens (tertiary/aromatic N) is 3. The number of aliphatic carboxylic acids is 1. The van der Waals surface area contributed by atoms with E-state index in [9.17, 15) is 4.79 Å². The Bertz CT molecular complexity index is 289. The molecule has 1 aromatic heterocycles. The van der Waals surface area contributed by atoms with Crippen LogP contribution in [0.25, 0.3) is 0 Å². The third-order valence-corrected chi connectivity index (χ3v) is 1.87. The molecule has 1 rings (SSSR count). The van der Waals surface area contributed by atoms with E-state index in [0.29, 0.717) is 5.82 Å². The van der Waals surface area contributed by atoms with Crippen LogP contribution in [-0.4, -0.2) is 34.1 Å². The molecule has 1 aromatic rings. The van der Waals surface area contributed by atoms with E-state index in [4.69, 9.17) is 5.11 Å². The second-order valence-electron chi connectivity index (χ2n) is 2.69. The average molecular weight is 181 g/mol. The van der Waals surface area contributed by atoms with Crippen LogP contribution in [-0.2, 0) is 4.79 Å². The second-order valence-corrected chi connectivity index (χ2v) is 2.69. The van der Waals surface area contributed by atoms with E-state index >= 15 is 0 Å². The summed E-state index contributed by atoms with van der Waals surface area (Å²) in [5, 5.41) is 8.73. The van der Waals surface area contributed by atoms with Crippen molar-refractivity contribution in [2.45, 2.75) is 13.0 Å². The van der Waals surface area contributed by atoms with Gasteiger partial charge in [-0.2, -0.15) is 0 Å². The monoisotopic (exact) mass is 181 g/mol. The fourth-order valence-corrected chi connectivity index (χ4v) is 0.856. The molecular weight excluding hydrogens is 170 g/mol. The van der Waals surface area contributed by atoms with Crippen molar-refractivity contribution in [1.29, 1.82) is 0 Å². The molecule has 1 N–H and O–H groups in total. The molecule has 5 nitrogen and oxygen atoms in total. The highest BCUT2D eigenvalue weighted by Crippen LogP contribution is 2.09. The van der Waals surface area contributed by atoms with E-state index in [1.165, 1.54) is 6.33 Å². The maximum Gasteiger partial charge on any atom is 0.326 e. The highest BCUT2D eigenvalue weighted by Gasteiger charge is 2.17. The van der Waals surface area contributed by atoms with Crippen LogP contribution in [0.4, 0.5) is 5.82 Å². The van der Waals surface area contributed by atoms with Gasteiger partial charge < -0.3 is 10.0 Å². The lowest BCUT2D eigenvalue weighted by Gasteiger charge is -2.21. The fraction of sp³-hybridized carbons (Fsp3) is 0.375. The van der Waals surface area contributed by atoms with Gasteiger partial charge in [0.15, 0.2) is 0 Å². The molecule has 0 bridgehead atoms. The standard InChI is InChI=1S/C8H11N3O2/c1-6(8(12)13)11(2)7-3-4-9-5-10-7/h3-6H,1-2H3,(H,12,13). The van der Waals surface area contributed by atoms with Gasteiger partial charge in [-0.15, -0.1) is 0 Å². The summed E-state index contributed by atoms with van der Waals surface area (Å²) >= 11 is 0. The molecule has 13 heavy (non-hydrogen) atoms. The SMILES string of the molecule is CC(C(=O)O)N(C)c1ccncn1. The third kappa shape index (κ3) is 2.14. The summed E-state index contributed by atoms with van der Waals surface area (Å²) in [6, 6.07) is 1.08. The Kier molecular flexibility index (Phi) is 2.79. The van der Waals surface area contributed by atoms with Crippen molar-refractivity contribution in [3.63, 3.8) is 0 Å². The Labute approximate surface area is 76.0 Å². The van der Waals surface area contributed by atoms with Crippen LogP contribution in [0.3, 0.4) is 0 Å². The van der Waals surface area contributed by atoms with Crippen molar-refractivity contribution in [2.75, 3.05) is 11.9 Å². The number of carbonyl (C=O) groups is 1. The van der Waals surface area contributed by atoms with Crippen LogP contribution in [0.5, 0.6) is 0 Å². The van der Waals surface area contributed by atoms with Crippen molar-refractivity contribution < 1.29 is 9.90 Å². The predicted molar refractivity (Wildman–Crippen MR) is 47.5 cm³/mol. The fourth-order valence-electron chi connectivity index (χ4n) is 0.856. The van der Waals surface area contributed by atoms with Gasteiger partial charge in [0.05, 0.1) is 0 Å². The summed E-state index contributed by atoms with van der Waals surface area (Å²) in [6.45, 7) is 1.60. The minimum absolute atomic E-state index is 0.588. The highest BCUT2D eigenvalue weighted by molar-refractivity contribution is 5.76. The van der Waals surface area contributed by atoms with Gasteiger partial charge in [-0.1, -0.05) is 0 Å². The van der Waals surface area contributed by atoms with Crippen LogP contribution in [0.2, 0.25) is 0 Å². The van der Waals surface area contributed by atoms with Crippen molar-refractivity contribution >= 4 is 11.8 Å². The minimum atomic E-state index is -0.874. The Morgan fingerprint density at radius 3 is 2.85 bits per heavy atom. The molecule has 0 saturated carbocycles. The highest BCUT2D eigenvalue weighted by atomic mass is 16.4. The Balaban J connectivity index is 2.79. The summed E-state index contributed by atoms with van der Waals surface area (Å²) in [4.78, 5) is 19.9. The van der Waals surface area contributed by atoms with E-state index in [-0.39, 0.29) is 0 Å². The molecule has 0 saturated heterocycles. The summed E-state index contributed by atoms with van der Waals surface area (Å²) < 4.78 is 0. The molecule has 0 aliphatic carbocycles. The number of carboxylic acid groups (broad SMARTS) is 1. The summed E-state index contributed by atoms with van der Waals surface area (Å²) in [7, 11) is 1.68. The van der Waals surface area contributed by atoms with Gasteiger partial charge in [0, 0.05) is 13.2 Å². The van der Waals surface area contributed by atoms with E-state index in [2.05, 4.69) is 9.97 Å². The van der Waals surface area contributed by atoms with Gasteiger partial charge >= 0.3 is 5.97 Å². The smallest absolute Gasteiger partial charge is 0.326 e. The van der Waals surface area contributed by atoms with Crippen LogP contribution >= 0.6 is 0 Å². The van der Waals surface area contributed by atoms with Gasteiger partial charge in [0.25, 0.3) is 0 Å². The zero-order valence-corrected chi connectivity index (χ0v) is 7.51. The quantitative estimate of drug-likeness (QED) is 0.730. The van der Waals surface area contributed by atoms with Crippen LogP contribution in [0, 0.1) is 0 Å². The topological polar surface area (TPSA) is 66.3 Å². The van der Waals surface area contributed by atoms with E-state index < -0.39 is 12.0 Å². The summed E-state index contributed by atoms with van der Waals surface area (Å²) in [6.07, 6.45) is 2.97. The van der Waals surface area contributed by atoms with Crippen LogP contribution < -0.4 is 4.90 Å². The molecule has 0 fully saturated rings. The number of aromatic nitrogens is 2. The second kappa shape index (κ2) is 3.84. The van der Waals surface area contributed by atoms with Gasteiger partial charge in [0.1, 0.15) is 18.2 Å². The average Bonchev–Trinajstić information content (AvgIpc) is 2.17. The van der Waals surface area contributed by atoms with Crippen molar-refractivity contribution in [3.8, 4) is 0 Å². The Morgan fingerprint density at radius 1 is 1.69 bits per heavy atom. The molecule has 0 radical (unpaired) electrons. The number of hydrogen-bond acceptors (Lipinski definition) is 4. The number of carboxylic acids is 1. The minimum Gasteiger partial charge on any atom is -0.480 e. The maximum absolute atomic E-state index is 10.6. The van der Waals surface area contributed by atoms with Gasteiger partial charge in [-0.3, -0.25) is 0 Å². The van der Waals surface area contributed by atoms with Crippen LogP contribution in [0.1, 0.15) is 6.92 Å². The third-order valence-electron chi connectivity index (χ3n) is 1.87. The molecule has 0 amide bonds. The molecule has 70 valence electrons. The molecular formula is C8H11N3O2. The first-order valence-electron chi connectivity index (χ1n) is 3.84. The zero-order valence-electron chi connectivity index (χ0n) is 7.51. The molecule has 1 atom stereocenters. The number of hydrogen-bond donors (Lipinski definition) is 1. The lowest BCUT2D eigenvalue weighted by atomic mass is 10.3. The van der Waals surface area contributed by atoms with Crippen molar-refractivity contribution in [2.24, 2.45) is 0 Å². The largest absolute Gasteiger partial charge is 0.480 e. The predicted octanol–water partition coefficient (Wildman–Crippen LogP) is 0.386. The molecule has 1 unspecified atom stereocenters. The first-order chi connectivity index (χ1) is 6.13. The first kappa shape index (κ1) is 9.44. The van der Waals surface area contributed by atoms with E-state index in [1.54, 1.807) is 31.1 Å².